The second kappa shape index (κ2) is 14.0. The lowest BCUT2D eigenvalue weighted by molar-refractivity contribution is -0.142. The predicted molar refractivity (Wildman–Crippen MR) is 158 cm³/mol. The number of carbonyl (C=O) groups is 4. The lowest BCUT2D eigenvalue weighted by Gasteiger charge is -2.26. The van der Waals surface area contributed by atoms with E-state index >= 15 is 0 Å². The summed E-state index contributed by atoms with van der Waals surface area (Å²) >= 11 is 0. The summed E-state index contributed by atoms with van der Waals surface area (Å²) in [6.45, 7) is 4.62. The monoisotopic (exact) mass is 577 g/mol. The highest BCUT2D eigenvalue weighted by molar-refractivity contribution is 5.95. The van der Waals surface area contributed by atoms with E-state index in [1.165, 1.54) is 12.1 Å². The first-order valence-electron chi connectivity index (χ1n) is 14.3. The van der Waals surface area contributed by atoms with Gasteiger partial charge in [-0.05, 0) is 61.1 Å². The van der Waals surface area contributed by atoms with E-state index in [-0.39, 0.29) is 36.5 Å². The molecule has 11 heteroatoms. The number of carboxylic acids is 1. The van der Waals surface area contributed by atoms with Crippen molar-refractivity contribution in [2.75, 3.05) is 6.54 Å². The van der Waals surface area contributed by atoms with Crippen LogP contribution in [0.15, 0.2) is 54.7 Å². The number of carboxylic acid groups (broad SMARTS) is 1. The van der Waals surface area contributed by atoms with Gasteiger partial charge in [0.25, 0.3) is 0 Å². The van der Waals surface area contributed by atoms with Gasteiger partial charge in [-0.3, -0.25) is 14.4 Å². The van der Waals surface area contributed by atoms with E-state index in [1.54, 1.807) is 18.3 Å². The topological polar surface area (TPSA) is 173 Å². The second-order valence-electron chi connectivity index (χ2n) is 11.2. The molecular weight excluding hydrogens is 538 g/mol. The van der Waals surface area contributed by atoms with Crippen molar-refractivity contribution in [2.45, 2.75) is 70.1 Å². The number of H-pyrrole nitrogens is 1. The van der Waals surface area contributed by atoms with E-state index in [4.69, 9.17) is 0 Å². The molecule has 11 nitrogen and oxygen atoms in total. The molecule has 1 saturated heterocycles. The molecule has 42 heavy (non-hydrogen) atoms. The van der Waals surface area contributed by atoms with E-state index < -0.39 is 35.9 Å². The molecule has 0 spiro atoms. The number of aromatic nitrogens is 1. The van der Waals surface area contributed by atoms with Crippen LogP contribution in [0, 0.1) is 5.92 Å². The SMILES string of the molecule is CC(C)CC(NC(=O)C1CCCN1)C(=O)NC(Cc1c[nH]c2ccccc12)C(=O)NC(Cc1ccc(O)cc1)C(=O)O. The van der Waals surface area contributed by atoms with E-state index in [0.29, 0.717) is 18.4 Å². The molecule has 1 fully saturated rings. The van der Waals surface area contributed by atoms with Crippen molar-refractivity contribution in [3.8, 4) is 5.75 Å². The molecule has 1 aromatic heterocycles. The minimum Gasteiger partial charge on any atom is -0.508 e. The van der Waals surface area contributed by atoms with Gasteiger partial charge in [-0.2, -0.15) is 0 Å². The number of amides is 3. The minimum atomic E-state index is -1.27. The molecular formula is C31H39N5O6. The quantitative estimate of drug-likeness (QED) is 0.163. The molecule has 1 aliphatic rings. The van der Waals surface area contributed by atoms with Crippen molar-refractivity contribution in [1.82, 2.24) is 26.3 Å². The van der Waals surface area contributed by atoms with Crippen molar-refractivity contribution >= 4 is 34.6 Å². The van der Waals surface area contributed by atoms with Crippen LogP contribution < -0.4 is 21.3 Å². The van der Waals surface area contributed by atoms with Crippen molar-refractivity contribution in [1.29, 1.82) is 0 Å². The van der Waals surface area contributed by atoms with E-state index in [2.05, 4.69) is 26.3 Å². The first-order valence-corrected chi connectivity index (χ1v) is 14.3. The molecule has 0 aliphatic carbocycles. The molecule has 0 saturated carbocycles. The van der Waals surface area contributed by atoms with Gasteiger partial charge in [-0.15, -0.1) is 0 Å². The predicted octanol–water partition coefficient (Wildman–Crippen LogP) is 2.00. The Morgan fingerprint density at radius 2 is 1.60 bits per heavy atom. The molecule has 4 rings (SSSR count). The lowest BCUT2D eigenvalue weighted by atomic mass is 9.99. The second-order valence-corrected chi connectivity index (χ2v) is 11.2. The molecule has 224 valence electrons. The molecule has 4 unspecified atom stereocenters. The Labute approximate surface area is 244 Å². The third-order valence-corrected chi connectivity index (χ3v) is 7.44. The zero-order chi connectivity index (χ0) is 30.2. The number of nitrogens with one attached hydrogen (secondary N) is 5. The first kappa shape index (κ1) is 30.6. The highest BCUT2D eigenvalue weighted by Gasteiger charge is 2.32. The number of hydrogen-bond acceptors (Lipinski definition) is 6. The Hall–Kier alpha value is -4.38. The summed E-state index contributed by atoms with van der Waals surface area (Å²) in [5, 5.41) is 31.7. The number of carbonyl (C=O) groups excluding carboxylic acids is 3. The molecule has 0 bridgehead atoms. The average Bonchev–Trinajstić information content (AvgIpc) is 3.64. The fourth-order valence-electron chi connectivity index (χ4n) is 5.23. The Balaban J connectivity index is 1.56. The number of phenolic OH excluding ortho intramolecular Hbond substituents is 1. The van der Waals surface area contributed by atoms with E-state index in [9.17, 15) is 29.4 Å². The number of aromatic amines is 1. The van der Waals surface area contributed by atoms with E-state index in [1.807, 2.05) is 38.1 Å². The number of benzene rings is 2. The van der Waals surface area contributed by atoms with Crippen LogP contribution in [0.3, 0.4) is 0 Å². The van der Waals surface area contributed by atoms with Gasteiger partial charge < -0.3 is 36.5 Å². The maximum absolute atomic E-state index is 13.6. The maximum Gasteiger partial charge on any atom is 0.326 e. The number of phenols is 1. The Bertz CT molecular complexity index is 1400. The first-order chi connectivity index (χ1) is 20.1. The normalized spacial score (nSPS) is 17.0. The van der Waals surface area contributed by atoms with Gasteiger partial charge >= 0.3 is 5.97 Å². The maximum atomic E-state index is 13.6. The number of hydrogen-bond donors (Lipinski definition) is 7. The zero-order valence-electron chi connectivity index (χ0n) is 23.9. The largest absolute Gasteiger partial charge is 0.508 e. The van der Waals surface area contributed by atoms with Crippen molar-refractivity contribution in [3.05, 3.63) is 65.9 Å². The van der Waals surface area contributed by atoms with Crippen LogP contribution in [0.4, 0.5) is 0 Å². The van der Waals surface area contributed by atoms with Gasteiger partial charge in [-0.1, -0.05) is 44.2 Å². The fourth-order valence-corrected chi connectivity index (χ4v) is 5.23. The van der Waals surface area contributed by atoms with Crippen LogP contribution >= 0.6 is 0 Å². The Kier molecular flexibility index (Phi) is 10.2. The van der Waals surface area contributed by atoms with Crippen LogP contribution in [0.2, 0.25) is 0 Å². The van der Waals surface area contributed by atoms with Crippen molar-refractivity contribution in [2.24, 2.45) is 5.92 Å². The molecule has 2 aromatic carbocycles. The number of rotatable bonds is 13. The van der Waals surface area contributed by atoms with Gasteiger partial charge in [0.1, 0.15) is 23.9 Å². The summed E-state index contributed by atoms with van der Waals surface area (Å²) in [6, 6.07) is 9.99. The summed E-state index contributed by atoms with van der Waals surface area (Å²) < 4.78 is 0. The number of para-hydroxylation sites is 1. The number of aromatic hydroxyl groups is 1. The standard InChI is InChI=1S/C31H39N5O6/c1-18(2)14-25(34-28(38)24-8-5-13-32-24)29(39)35-26(16-20-17-33-23-7-4-3-6-22(20)23)30(40)36-27(31(41)42)15-19-9-11-21(37)12-10-19/h3-4,6-7,9-12,17-18,24-27,32-33,37H,5,8,13-16H2,1-2H3,(H,34,38)(H,35,39)(H,36,40)(H,41,42). The van der Waals surface area contributed by atoms with Gasteiger partial charge in [0, 0.05) is 29.9 Å². The summed E-state index contributed by atoms with van der Waals surface area (Å²) in [4.78, 5) is 55.4. The van der Waals surface area contributed by atoms with Crippen molar-refractivity contribution < 1.29 is 29.4 Å². The lowest BCUT2D eigenvalue weighted by Crippen LogP contribution is -2.58. The third kappa shape index (κ3) is 8.10. The van der Waals surface area contributed by atoms with Crippen LogP contribution in [0.25, 0.3) is 10.9 Å². The smallest absolute Gasteiger partial charge is 0.326 e. The third-order valence-electron chi connectivity index (χ3n) is 7.44. The zero-order valence-corrected chi connectivity index (χ0v) is 23.9. The van der Waals surface area contributed by atoms with Gasteiger partial charge in [0.15, 0.2) is 0 Å². The average molecular weight is 578 g/mol. The molecule has 3 amide bonds. The van der Waals surface area contributed by atoms with Crippen molar-refractivity contribution in [3.63, 3.8) is 0 Å². The minimum absolute atomic E-state index is 0.0183. The molecule has 4 atom stereocenters. The molecule has 2 heterocycles. The Morgan fingerprint density at radius 1 is 0.905 bits per heavy atom. The van der Waals surface area contributed by atoms with Crippen LogP contribution in [0.1, 0.15) is 44.2 Å². The highest BCUT2D eigenvalue weighted by atomic mass is 16.4. The van der Waals surface area contributed by atoms with Crippen LogP contribution in [0.5, 0.6) is 5.75 Å². The molecule has 1 aliphatic heterocycles. The summed E-state index contributed by atoms with van der Waals surface area (Å²) in [6.07, 6.45) is 3.77. The number of fused-ring (bicyclic) bond motifs is 1. The molecule has 3 aromatic rings. The molecule has 0 radical (unpaired) electrons. The van der Waals surface area contributed by atoms with E-state index in [0.717, 1.165) is 29.4 Å². The summed E-state index contributed by atoms with van der Waals surface area (Å²) in [5.41, 5.74) is 2.25. The molecule has 7 N–H and O–H groups in total. The van der Waals surface area contributed by atoms with Crippen LogP contribution in [-0.2, 0) is 32.0 Å². The van der Waals surface area contributed by atoms with Gasteiger partial charge in [0.2, 0.25) is 17.7 Å². The van der Waals surface area contributed by atoms with Crippen LogP contribution in [-0.4, -0.2) is 69.6 Å². The van der Waals surface area contributed by atoms with Gasteiger partial charge in [0.05, 0.1) is 6.04 Å². The number of aliphatic carboxylic acids is 1. The summed E-state index contributed by atoms with van der Waals surface area (Å²) in [5.74, 6) is -2.54. The van der Waals surface area contributed by atoms with Gasteiger partial charge in [-0.25, -0.2) is 4.79 Å². The summed E-state index contributed by atoms with van der Waals surface area (Å²) in [7, 11) is 0. The highest BCUT2D eigenvalue weighted by Crippen LogP contribution is 2.20. The Morgan fingerprint density at radius 3 is 2.26 bits per heavy atom. The fraction of sp³-hybridized carbons (Fsp3) is 0.419.